The zero-order valence-electron chi connectivity index (χ0n) is 10.9. The molecular formula is C16H17BrFN. The molecule has 0 aromatic heterocycles. The lowest BCUT2D eigenvalue weighted by Crippen LogP contribution is -2.41. The van der Waals surface area contributed by atoms with Crippen molar-refractivity contribution in [3.63, 3.8) is 0 Å². The van der Waals surface area contributed by atoms with E-state index >= 15 is 0 Å². The highest BCUT2D eigenvalue weighted by Crippen LogP contribution is 2.22. The van der Waals surface area contributed by atoms with Crippen molar-refractivity contribution in [1.82, 2.24) is 0 Å². The fourth-order valence-electron chi connectivity index (χ4n) is 2.21. The lowest BCUT2D eigenvalue weighted by molar-refractivity contribution is 0.461. The Morgan fingerprint density at radius 2 is 1.68 bits per heavy atom. The summed E-state index contributed by atoms with van der Waals surface area (Å²) in [5, 5.41) is 0. The highest BCUT2D eigenvalue weighted by molar-refractivity contribution is 9.10. The number of hydrogen-bond donors (Lipinski definition) is 1. The van der Waals surface area contributed by atoms with E-state index < -0.39 is 0 Å². The number of nitrogens with two attached hydrogens (primary N) is 1. The molecule has 2 aromatic carbocycles. The Balaban J connectivity index is 2.10. The zero-order chi connectivity index (χ0) is 13.9. The Morgan fingerprint density at radius 3 is 2.32 bits per heavy atom. The number of rotatable bonds is 4. The van der Waals surface area contributed by atoms with Gasteiger partial charge < -0.3 is 5.73 Å². The van der Waals surface area contributed by atoms with Crippen LogP contribution in [0.4, 0.5) is 4.39 Å². The SMILES string of the molecule is CC(N)(Cc1ccc(F)cc1)Cc1ccccc1Br. The maximum atomic E-state index is 12.9. The summed E-state index contributed by atoms with van der Waals surface area (Å²) in [4.78, 5) is 0. The van der Waals surface area contributed by atoms with Gasteiger partial charge in [-0.15, -0.1) is 0 Å². The first-order valence-corrected chi connectivity index (χ1v) is 7.02. The van der Waals surface area contributed by atoms with Crippen molar-refractivity contribution in [1.29, 1.82) is 0 Å². The van der Waals surface area contributed by atoms with Gasteiger partial charge in [-0.2, -0.15) is 0 Å². The standard InChI is InChI=1S/C16H17BrFN/c1-16(19,10-12-6-8-14(18)9-7-12)11-13-4-2-3-5-15(13)17/h2-9H,10-11,19H2,1H3. The molecule has 0 amide bonds. The van der Waals surface area contributed by atoms with Crippen LogP contribution in [0.1, 0.15) is 18.1 Å². The van der Waals surface area contributed by atoms with Crippen molar-refractivity contribution in [2.24, 2.45) is 5.73 Å². The highest BCUT2D eigenvalue weighted by atomic mass is 79.9. The highest BCUT2D eigenvalue weighted by Gasteiger charge is 2.20. The summed E-state index contributed by atoms with van der Waals surface area (Å²) >= 11 is 3.54. The topological polar surface area (TPSA) is 26.0 Å². The molecule has 1 unspecified atom stereocenters. The molecule has 3 heteroatoms. The van der Waals surface area contributed by atoms with Crippen LogP contribution in [0.2, 0.25) is 0 Å². The Labute approximate surface area is 121 Å². The van der Waals surface area contributed by atoms with Gasteiger partial charge in [-0.1, -0.05) is 46.3 Å². The molecule has 0 aliphatic carbocycles. The third kappa shape index (κ3) is 4.15. The second-order valence-electron chi connectivity index (χ2n) is 5.23. The Bertz CT molecular complexity index is 549. The summed E-state index contributed by atoms with van der Waals surface area (Å²) in [6.07, 6.45) is 1.49. The van der Waals surface area contributed by atoms with Crippen LogP contribution >= 0.6 is 15.9 Å². The van der Waals surface area contributed by atoms with Crippen molar-refractivity contribution in [3.05, 3.63) is 69.9 Å². The van der Waals surface area contributed by atoms with Gasteiger partial charge in [0.25, 0.3) is 0 Å². The van der Waals surface area contributed by atoms with E-state index in [1.165, 1.54) is 17.7 Å². The van der Waals surface area contributed by atoms with Crippen LogP contribution in [0, 0.1) is 5.82 Å². The third-order valence-electron chi connectivity index (χ3n) is 3.07. The largest absolute Gasteiger partial charge is 0.325 e. The van der Waals surface area contributed by atoms with Crippen LogP contribution in [-0.2, 0) is 12.8 Å². The molecule has 0 aliphatic rings. The fraction of sp³-hybridized carbons (Fsp3) is 0.250. The van der Waals surface area contributed by atoms with Gasteiger partial charge in [0.05, 0.1) is 0 Å². The van der Waals surface area contributed by atoms with Crippen LogP contribution in [0.25, 0.3) is 0 Å². The van der Waals surface area contributed by atoms with E-state index in [9.17, 15) is 4.39 Å². The maximum Gasteiger partial charge on any atom is 0.123 e. The first-order chi connectivity index (χ1) is 8.96. The minimum absolute atomic E-state index is 0.215. The first kappa shape index (κ1) is 14.2. The molecule has 0 aliphatic heterocycles. The predicted octanol–water partition coefficient (Wildman–Crippen LogP) is 4.09. The van der Waals surface area contributed by atoms with Gasteiger partial charge in [0, 0.05) is 10.0 Å². The monoisotopic (exact) mass is 321 g/mol. The van der Waals surface area contributed by atoms with Gasteiger partial charge in [-0.3, -0.25) is 0 Å². The summed E-state index contributed by atoms with van der Waals surface area (Å²) in [5.74, 6) is -0.215. The van der Waals surface area contributed by atoms with Gasteiger partial charge in [0.1, 0.15) is 5.82 Å². The summed E-state index contributed by atoms with van der Waals surface area (Å²) in [6.45, 7) is 2.02. The normalized spacial score (nSPS) is 14.1. The van der Waals surface area contributed by atoms with Crippen LogP contribution in [-0.4, -0.2) is 5.54 Å². The molecule has 0 bridgehead atoms. The third-order valence-corrected chi connectivity index (χ3v) is 3.85. The smallest absolute Gasteiger partial charge is 0.123 e. The molecule has 100 valence electrons. The average Bonchev–Trinajstić information content (AvgIpc) is 2.35. The predicted molar refractivity (Wildman–Crippen MR) is 80.5 cm³/mol. The summed E-state index contributed by atoms with van der Waals surface area (Å²) in [5.41, 5.74) is 8.26. The van der Waals surface area contributed by atoms with E-state index in [1.54, 1.807) is 12.1 Å². The van der Waals surface area contributed by atoms with Crippen molar-refractivity contribution < 1.29 is 4.39 Å². The Kier molecular flexibility index (Phi) is 4.38. The van der Waals surface area contributed by atoms with Crippen LogP contribution in [0.15, 0.2) is 53.0 Å². The molecule has 0 fully saturated rings. The molecular weight excluding hydrogens is 305 g/mol. The van der Waals surface area contributed by atoms with Gasteiger partial charge in [0.2, 0.25) is 0 Å². The number of benzene rings is 2. The molecule has 0 saturated carbocycles. The van der Waals surface area contributed by atoms with Crippen molar-refractivity contribution >= 4 is 15.9 Å². The van der Waals surface area contributed by atoms with Gasteiger partial charge in [0.15, 0.2) is 0 Å². The van der Waals surface area contributed by atoms with Gasteiger partial charge in [-0.05, 0) is 49.1 Å². The van der Waals surface area contributed by atoms with E-state index in [-0.39, 0.29) is 11.4 Å². The second-order valence-corrected chi connectivity index (χ2v) is 6.08. The van der Waals surface area contributed by atoms with E-state index in [0.29, 0.717) is 6.42 Å². The molecule has 0 spiro atoms. The fourth-order valence-corrected chi connectivity index (χ4v) is 2.63. The second kappa shape index (κ2) is 5.85. The molecule has 0 saturated heterocycles. The molecule has 19 heavy (non-hydrogen) atoms. The van der Waals surface area contributed by atoms with Crippen LogP contribution in [0.3, 0.4) is 0 Å². The van der Waals surface area contributed by atoms with E-state index in [0.717, 1.165) is 16.5 Å². The van der Waals surface area contributed by atoms with Gasteiger partial charge >= 0.3 is 0 Å². The van der Waals surface area contributed by atoms with E-state index in [4.69, 9.17) is 5.73 Å². The van der Waals surface area contributed by atoms with Crippen molar-refractivity contribution in [2.45, 2.75) is 25.3 Å². The first-order valence-electron chi connectivity index (χ1n) is 6.23. The Morgan fingerprint density at radius 1 is 1.05 bits per heavy atom. The zero-order valence-corrected chi connectivity index (χ0v) is 12.5. The molecule has 0 heterocycles. The molecule has 1 atom stereocenters. The summed E-state index contributed by atoms with van der Waals surface area (Å²) in [6, 6.07) is 14.6. The molecule has 2 rings (SSSR count). The van der Waals surface area contributed by atoms with Crippen molar-refractivity contribution in [2.75, 3.05) is 0 Å². The van der Waals surface area contributed by atoms with E-state index in [2.05, 4.69) is 22.0 Å². The summed E-state index contributed by atoms with van der Waals surface area (Å²) < 4.78 is 14.0. The van der Waals surface area contributed by atoms with E-state index in [1.807, 2.05) is 25.1 Å². The minimum atomic E-state index is -0.359. The number of hydrogen-bond acceptors (Lipinski definition) is 1. The molecule has 2 aromatic rings. The average molecular weight is 322 g/mol. The quantitative estimate of drug-likeness (QED) is 0.901. The minimum Gasteiger partial charge on any atom is -0.325 e. The lowest BCUT2D eigenvalue weighted by atomic mass is 9.87. The lowest BCUT2D eigenvalue weighted by Gasteiger charge is -2.25. The summed E-state index contributed by atoms with van der Waals surface area (Å²) in [7, 11) is 0. The molecule has 1 nitrogen and oxygen atoms in total. The Hall–Kier alpha value is -1.19. The van der Waals surface area contributed by atoms with Crippen LogP contribution < -0.4 is 5.73 Å². The molecule has 0 radical (unpaired) electrons. The van der Waals surface area contributed by atoms with Crippen molar-refractivity contribution in [3.8, 4) is 0 Å². The maximum absolute atomic E-state index is 12.9. The van der Waals surface area contributed by atoms with Crippen LogP contribution in [0.5, 0.6) is 0 Å². The molecule has 2 N–H and O–H groups in total. The number of halogens is 2. The van der Waals surface area contributed by atoms with Gasteiger partial charge in [-0.25, -0.2) is 4.39 Å².